The van der Waals surface area contributed by atoms with Crippen molar-refractivity contribution in [1.82, 2.24) is 20.3 Å². The molecular weight excluding hydrogens is 432 g/mol. The first-order valence-corrected chi connectivity index (χ1v) is 9.85. The van der Waals surface area contributed by atoms with Gasteiger partial charge in [0.25, 0.3) is 11.5 Å². The summed E-state index contributed by atoms with van der Waals surface area (Å²) in [6.07, 6.45) is 0.977. The second-order valence-electron chi connectivity index (χ2n) is 7.37. The number of nitrogens with zero attached hydrogens (tertiary/aromatic N) is 3. The summed E-state index contributed by atoms with van der Waals surface area (Å²) in [7, 11) is 1.81. The molecule has 2 aromatic heterocycles. The summed E-state index contributed by atoms with van der Waals surface area (Å²) in [4.78, 5) is 58.8. The number of rotatable bonds is 9. The van der Waals surface area contributed by atoms with Gasteiger partial charge in [0.05, 0.1) is 17.3 Å². The molecule has 0 aliphatic rings. The molecule has 0 aliphatic carbocycles. The van der Waals surface area contributed by atoms with Crippen molar-refractivity contribution >= 4 is 40.5 Å². The number of nitrogen functional groups attached to an aromatic ring is 1. The molecule has 0 aliphatic heterocycles. The summed E-state index contributed by atoms with van der Waals surface area (Å²) in [6.45, 7) is 0.436. The predicted octanol–water partition coefficient (Wildman–Crippen LogP) is 0.585. The van der Waals surface area contributed by atoms with Crippen LogP contribution in [0.2, 0.25) is 0 Å². The van der Waals surface area contributed by atoms with Gasteiger partial charge in [0.2, 0.25) is 5.95 Å². The van der Waals surface area contributed by atoms with E-state index < -0.39 is 29.4 Å². The first-order chi connectivity index (χ1) is 15.6. The molecule has 1 amide bonds. The van der Waals surface area contributed by atoms with Crippen LogP contribution in [0.5, 0.6) is 0 Å². The number of carboxylic acid groups (broad SMARTS) is 2. The Labute approximate surface area is 187 Å². The van der Waals surface area contributed by atoms with Crippen LogP contribution in [0.1, 0.15) is 28.8 Å². The number of nitrogens with one attached hydrogen (secondary N) is 2. The lowest BCUT2D eigenvalue weighted by atomic mass is 10.1. The van der Waals surface area contributed by atoms with Crippen LogP contribution < -0.4 is 21.5 Å². The van der Waals surface area contributed by atoms with Crippen LogP contribution in [0.15, 0.2) is 41.3 Å². The number of aromatic amines is 1. The molecule has 1 unspecified atom stereocenters. The number of carboxylic acids is 2. The van der Waals surface area contributed by atoms with Gasteiger partial charge in [-0.3, -0.25) is 19.4 Å². The van der Waals surface area contributed by atoms with Crippen LogP contribution in [0.4, 0.5) is 11.6 Å². The average Bonchev–Trinajstić information content (AvgIpc) is 2.76. The van der Waals surface area contributed by atoms with Gasteiger partial charge in [-0.2, -0.15) is 4.98 Å². The molecule has 2 heterocycles. The first-order valence-electron chi connectivity index (χ1n) is 9.85. The summed E-state index contributed by atoms with van der Waals surface area (Å²) in [5.74, 6) is -3.07. The maximum absolute atomic E-state index is 12.4. The smallest absolute Gasteiger partial charge is 0.326 e. The number of anilines is 2. The van der Waals surface area contributed by atoms with Gasteiger partial charge >= 0.3 is 11.9 Å². The van der Waals surface area contributed by atoms with Crippen LogP contribution in [0.25, 0.3) is 11.0 Å². The minimum Gasteiger partial charge on any atom is -0.481 e. The van der Waals surface area contributed by atoms with Crippen molar-refractivity contribution in [3.8, 4) is 0 Å². The number of aromatic nitrogens is 3. The molecule has 3 rings (SSSR count). The van der Waals surface area contributed by atoms with Crippen molar-refractivity contribution in [2.75, 3.05) is 17.7 Å². The summed E-state index contributed by atoms with van der Waals surface area (Å²) in [6, 6.07) is 6.87. The highest BCUT2D eigenvalue weighted by Crippen LogP contribution is 2.18. The van der Waals surface area contributed by atoms with E-state index in [1.165, 1.54) is 0 Å². The number of aliphatic carboxylic acids is 2. The number of H-pyrrole nitrogens is 1. The molecule has 0 fully saturated rings. The van der Waals surface area contributed by atoms with Crippen molar-refractivity contribution in [2.24, 2.45) is 0 Å². The topological polar surface area (TPSA) is 192 Å². The van der Waals surface area contributed by atoms with Crippen molar-refractivity contribution in [2.45, 2.75) is 25.4 Å². The lowest BCUT2D eigenvalue weighted by Crippen LogP contribution is -2.41. The highest BCUT2D eigenvalue weighted by molar-refractivity contribution is 5.96. The highest BCUT2D eigenvalue weighted by atomic mass is 16.4. The zero-order valence-electron chi connectivity index (χ0n) is 17.6. The van der Waals surface area contributed by atoms with Gasteiger partial charge in [-0.25, -0.2) is 9.78 Å². The number of hydrogen-bond acceptors (Lipinski definition) is 8. The van der Waals surface area contributed by atoms with Gasteiger partial charge < -0.3 is 26.2 Å². The molecule has 0 saturated heterocycles. The molecule has 0 radical (unpaired) electrons. The quantitative estimate of drug-likeness (QED) is 0.305. The molecule has 172 valence electrons. The number of fused-ring (bicyclic) bond motifs is 1. The molecule has 1 atom stereocenters. The Balaban J connectivity index is 1.68. The lowest BCUT2D eigenvalue weighted by molar-refractivity contribution is -0.140. The number of benzene rings is 1. The second-order valence-corrected chi connectivity index (χ2v) is 7.37. The maximum Gasteiger partial charge on any atom is 0.326 e. The van der Waals surface area contributed by atoms with Crippen molar-refractivity contribution in [3.63, 3.8) is 0 Å². The average molecular weight is 454 g/mol. The van der Waals surface area contributed by atoms with Gasteiger partial charge in [-0.05, 0) is 30.2 Å². The molecule has 12 heteroatoms. The largest absolute Gasteiger partial charge is 0.481 e. The van der Waals surface area contributed by atoms with Gasteiger partial charge in [0, 0.05) is 25.6 Å². The second kappa shape index (κ2) is 9.77. The predicted molar refractivity (Wildman–Crippen MR) is 119 cm³/mol. The number of carbonyl (C=O) groups is 3. The molecule has 33 heavy (non-hydrogen) atoms. The van der Waals surface area contributed by atoms with Gasteiger partial charge in [-0.15, -0.1) is 0 Å². The van der Waals surface area contributed by atoms with Crippen LogP contribution in [0, 0.1) is 0 Å². The summed E-state index contributed by atoms with van der Waals surface area (Å²) in [5, 5.41) is 20.5. The van der Waals surface area contributed by atoms with E-state index in [1.54, 1.807) is 36.5 Å². The van der Waals surface area contributed by atoms with Crippen LogP contribution in [-0.4, -0.2) is 56.1 Å². The van der Waals surface area contributed by atoms with E-state index in [0.717, 1.165) is 5.56 Å². The van der Waals surface area contributed by atoms with Crippen LogP contribution in [0.3, 0.4) is 0 Å². The molecule has 0 saturated carbocycles. The molecular formula is C21H22N6O6. The third-order valence-corrected chi connectivity index (χ3v) is 4.89. The zero-order chi connectivity index (χ0) is 24.1. The summed E-state index contributed by atoms with van der Waals surface area (Å²) in [5.41, 5.74) is 7.14. The van der Waals surface area contributed by atoms with Crippen molar-refractivity contribution in [1.29, 1.82) is 0 Å². The zero-order valence-corrected chi connectivity index (χ0v) is 17.6. The van der Waals surface area contributed by atoms with E-state index >= 15 is 0 Å². The van der Waals surface area contributed by atoms with Crippen LogP contribution in [-0.2, 0) is 16.1 Å². The number of carbonyl (C=O) groups excluding carboxylic acids is 1. The van der Waals surface area contributed by atoms with Gasteiger partial charge in [0.15, 0.2) is 5.65 Å². The Morgan fingerprint density at radius 3 is 2.55 bits per heavy atom. The highest BCUT2D eigenvalue weighted by Gasteiger charge is 2.21. The Hall–Kier alpha value is -4.48. The number of amides is 1. The monoisotopic (exact) mass is 454 g/mol. The number of hydrogen-bond donors (Lipinski definition) is 5. The van der Waals surface area contributed by atoms with Crippen molar-refractivity contribution < 1.29 is 24.6 Å². The standard InChI is InChI=1S/C21H22N6O6/c1-27(13-8-14-17(23-9-13)25-21(22)26-19(14)31)10-11-2-4-12(5-3-11)18(30)24-15(20(32)33)6-7-16(28)29/h2-5,8-9,15H,6-7,10H2,1H3,(H,24,30)(H,28,29)(H,32,33)(H3,22,23,25,26,31). The molecule has 0 bridgehead atoms. The third kappa shape index (κ3) is 5.81. The molecule has 6 N–H and O–H groups in total. The minimum absolute atomic E-state index is 0.0122. The van der Waals surface area contributed by atoms with E-state index in [2.05, 4.69) is 20.3 Å². The van der Waals surface area contributed by atoms with E-state index in [9.17, 15) is 24.3 Å². The fourth-order valence-electron chi connectivity index (χ4n) is 3.13. The molecule has 0 spiro atoms. The van der Waals surface area contributed by atoms with E-state index in [-0.39, 0.29) is 30.0 Å². The fourth-order valence-corrected chi connectivity index (χ4v) is 3.13. The van der Waals surface area contributed by atoms with Crippen molar-refractivity contribution in [3.05, 3.63) is 58.0 Å². The number of pyridine rings is 1. The Kier molecular flexibility index (Phi) is 6.86. The minimum atomic E-state index is -1.30. The Morgan fingerprint density at radius 2 is 1.91 bits per heavy atom. The van der Waals surface area contributed by atoms with Crippen LogP contribution >= 0.6 is 0 Å². The Bertz CT molecular complexity index is 1260. The van der Waals surface area contributed by atoms with Gasteiger partial charge in [-0.1, -0.05) is 12.1 Å². The summed E-state index contributed by atoms with van der Waals surface area (Å²) >= 11 is 0. The normalized spacial score (nSPS) is 11.7. The molecule has 12 nitrogen and oxygen atoms in total. The SMILES string of the molecule is CN(Cc1ccc(C(=O)NC(CCC(=O)O)C(=O)O)cc1)c1cnc2nc(N)[nH]c(=O)c2c1. The number of nitrogens with two attached hydrogens (primary N) is 1. The fraction of sp³-hybridized carbons (Fsp3) is 0.238. The molecule has 1 aromatic carbocycles. The van der Waals surface area contributed by atoms with E-state index in [4.69, 9.17) is 10.8 Å². The van der Waals surface area contributed by atoms with E-state index in [1.807, 2.05) is 11.9 Å². The van der Waals surface area contributed by atoms with Gasteiger partial charge in [0.1, 0.15) is 6.04 Å². The lowest BCUT2D eigenvalue weighted by Gasteiger charge is -2.19. The summed E-state index contributed by atoms with van der Waals surface area (Å²) < 4.78 is 0. The maximum atomic E-state index is 12.4. The molecule has 3 aromatic rings. The first kappa shape index (κ1) is 23.2. The third-order valence-electron chi connectivity index (χ3n) is 4.89. The Morgan fingerprint density at radius 1 is 1.21 bits per heavy atom. The van der Waals surface area contributed by atoms with E-state index in [0.29, 0.717) is 17.6 Å².